The average molecular weight is 375 g/mol. The molecule has 7 heteroatoms. The van der Waals surface area contributed by atoms with E-state index in [1.807, 2.05) is 4.90 Å². The molecule has 1 aromatic rings. The first-order chi connectivity index (χ1) is 11.2. The maximum Gasteiger partial charge on any atom is 0.258 e. The van der Waals surface area contributed by atoms with Crippen LogP contribution < -0.4 is 10.1 Å². The lowest BCUT2D eigenvalue weighted by atomic mass is 10.1. The molecule has 1 aromatic carbocycles. The third kappa shape index (κ3) is 4.14. The molecule has 1 N–H and O–H groups in total. The van der Waals surface area contributed by atoms with Crippen LogP contribution >= 0.6 is 24.0 Å². The van der Waals surface area contributed by atoms with Crippen LogP contribution in [0.1, 0.15) is 29.6 Å². The summed E-state index contributed by atoms with van der Waals surface area (Å²) in [4.78, 5) is 15.2. The van der Waals surface area contributed by atoms with E-state index in [0.29, 0.717) is 35.6 Å². The maximum absolute atomic E-state index is 13.1. The zero-order valence-corrected chi connectivity index (χ0v) is 15.4. The molecule has 1 amide bonds. The summed E-state index contributed by atoms with van der Waals surface area (Å²) in [6.45, 7) is 2.72. The highest BCUT2D eigenvalue weighted by molar-refractivity contribution is 6.31. The highest BCUT2D eigenvalue weighted by atomic mass is 35.5. The van der Waals surface area contributed by atoms with Crippen LogP contribution in [0.3, 0.4) is 0 Å². The molecular weight excluding hydrogens is 351 g/mol. The Bertz CT molecular complexity index is 557. The summed E-state index contributed by atoms with van der Waals surface area (Å²) in [5.41, 5.74) is 0.549. The summed E-state index contributed by atoms with van der Waals surface area (Å²) in [7, 11) is 1.62. The second kappa shape index (κ2) is 8.90. The third-order valence-electron chi connectivity index (χ3n) is 4.61. The quantitative estimate of drug-likeness (QED) is 0.805. The normalized spacial score (nSPS) is 22.7. The molecule has 2 aliphatic heterocycles. The first kappa shape index (κ1) is 19.3. The first-order valence-electron chi connectivity index (χ1n) is 8.15. The van der Waals surface area contributed by atoms with Crippen LogP contribution in [-0.4, -0.2) is 56.3 Å². The zero-order valence-electron chi connectivity index (χ0n) is 13.8. The molecule has 5 nitrogen and oxygen atoms in total. The van der Waals surface area contributed by atoms with Crippen molar-refractivity contribution in [1.82, 2.24) is 10.2 Å². The number of benzene rings is 1. The van der Waals surface area contributed by atoms with Gasteiger partial charge in [-0.15, -0.1) is 12.4 Å². The second-order valence-electron chi connectivity index (χ2n) is 6.07. The van der Waals surface area contributed by atoms with Gasteiger partial charge in [0.1, 0.15) is 12.4 Å². The summed E-state index contributed by atoms with van der Waals surface area (Å²) < 4.78 is 10.7. The van der Waals surface area contributed by atoms with E-state index in [-0.39, 0.29) is 24.4 Å². The smallest absolute Gasteiger partial charge is 0.258 e. The number of hydrogen-bond acceptors (Lipinski definition) is 4. The fourth-order valence-corrected chi connectivity index (χ4v) is 3.66. The molecule has 2 heterocycles. The molecule has 0 aliphatic carbocycles. The van der Waals surface area contributed by atoms with E-state index < -0.39 is 0 Å². The van der Waals surface area contributed by atoms with Crippen molar-refractivity contribution in [1.29, 1.82) is 0 Å². The molecule has 2 fully saturated rings. The van der Waals surface area contributed by atoms with E-state index in [2.05, 4.69) is 5.32 Å². The van der Waals surface area contributed by atoms with Gasteiger partial charge in [0.2, 0.25) is 0 Å². The lowest BCUT2D eigenvalue weighted by molar-refractivity contribution is 0.0673. The van der Waals surface area contributed by atoms with Crippen LogP contribution in [0.2, 0.25) is 5.02 Å². The van der Waals surface area contributed by atoms with Gasteiger partial charge in [-0.25, -0.2) is 0 Å². The van der Waals surface area contributed by atoms with Crippen molar-refractivity contribution in [2.45, 2.75) is 31.3 Å². The Hall–Kier alpha value is -1.01. The number of nitrogens with one attached hydrogen (secondary N) is 1. The Morgan fingerprint density at radius 1 is 1.29 bits per heavy atom. The van der Waals surface area contributed by atoms with Crippen LogP contribution in [-0.2, 0) is 4.74 Å². The fraction of sp³-hybridized carbons (Fsp3) is 0.588. The van der Waals surface area contributed by atoms with Gasteiger partial charge in [-0.2, -0.15) is 0 Å². The Balaban J connectivity index is 0.00000208. The van der Waals surface area contributed by atoms with Gasteiger partial charge in [-0.3, -0.25) is 4.79 Å². The first-order valence-corrected chi connectivity index (χ1v) is 8.53. The lowest BCUT2D eigenvalue weighted by Crippen LogP contribution is -2.42. The molecule has 2 bridgehead atoms. The highest BCUT2D eigenvalue weighted by Crippen LogP contribution is 2.32. The van der Waals surface area contributed by atoms with Crippen molar-refractivity contribution in [2.24, 2.45) is 0 Å². The number of carbonyl (C=O) groups is 1. The van der Waals surface area contributed by atoms with Crippen molar-refractivity contribution in [3.8, 4) is 5.75 Å². The minimum atomic E-state index is 0. The SMILES string of the molecule is COCCOc1ccc(Cl)cc1C(=O)N1C2CCNCC1CC2.Cl. The van der Waals surface area contributed by atoms with E-state index in [0.717, 1.165) is 32.4 Å². The molecule has 2 saturated heterocycles. The van der Waals surface area contributed by atoms with Crippen molar-refractivity contribution in [3.63, 3.8) is 0 Å². The van der Waals surface area contributed by atoms with Gasteiger partial charge >= 0.3 is 0 Å². The Labute approximate surface area is 154 Å². The Morgan fingerprint density at radius 2 is 2.08 bits per heavy atom. The summed E-state index contributed by atoms with van der Waals surface area (Å²) in [6.07, 6.45) is 3.14. The molecule has 134 valence electrons. The predicted octanol–water partition coefficient (Wildman–Crippen LogP) is 2.75. The number of hydrogen-bond donors (Lipinski definition) is 1. The van der Waals surface area contributed by atoms with E-state index in [9.17, 15) is 4.79 Å². The second-order valence-corrected chi connectivity index (χ2v) is 6.51. The van der Waals surface area contributed by atoms with Gasteiger partial charge in [0.15, 0.2) is 0 Å². The van der Waals surface area contributed by atoms with Crippen LogP contribution in [0, 0.1) is 0 Å². The molecule has 0 radical (unpaired) electrons. The summed E-state index contributed by atoms with van der Waals surface area (Å²) in [5.74, 6) is 0.601. The topological polar surface area (TPSA) is 50.8 Å². The van der Waals surface area contributed by atoms with E-state index >= 15 is 0 Å². The lowest BCUT2D eigenvalue weighted by Gasteiger charge is -2.28. The number of fused-ring (bicyclic) bond motifs is 2. The van der Waals surface area contributed by atoms with Crippen molar-refractivity contribution in [3.05, 3.63) is 28.8 Å². The van der Waals surface area contributed by atoms with Crippen LogP contribution in [0.4, 0.5) is 0 Å². The highest BCUT2D eigenvalue weighted by Gasteiger charge is 2.39. The minimum Gasteiger partial charge on any atom is -0.490 e. The number of methoxy groups -OCH3 is 1. The molecule has 0 aromatic heterocycles. The molecular formula is C17H24Cl2N2O3. The third-order valence-corrected chi connectivity index (χ3v) is 4.84. The van der Waals surface area contributed by atoms with Gasteiger partial charge in [0, 0.05) is 30.8 Å². The van der Waals surface area contributed by atoms with Gasteiger partial charge in [0.05, 0.1) is 12.2 Å². The van der Waals surface area contributed by atoms with E-state index in [1.54, 1.807) is 25.3 Å². The number of ether oxygens (including phenoxy) is 2. The molecule has 2 atom stereocenters. The summed E-state index contributed by atoms with van der Waals surface area (Å²) in [5, 5.41) is 3.96. The number of nitrogens with zero attached hydrogens (tertiary/aromatic N) is 1. The van der Waals surface area contributed by atoms with Crippen molar-refractivity contribution >= 4 is 29.9 Å². The number of halogens is 2. The van der Waals surface area contributed by atoms with E-state index in [1.165, 1.54) is 0 Å². The Kier molecular flexibility index (Phi) is 7.16. The molecule has 0 spiro atoms. The standard InChI is InChI=1S/C17H23ClN2O3.ClH/c1-22-8-9-23-16-5-2-12(18)10-15(16)17(21)20-13-3-4-14(20)11-19-7-6-13;/h2,5,10,13-14,19H,3-4,6-9,11H2,1H3;1H. The van der Waals surface area contributed by atoms with Gasteiger partial charge in [-0.1, -0.05) is 11.6 Å². The number of amides is 1. The van der Waals surface area contributed by atoms with Crippen molar-refractivity contribution < 1.29 is 14.3 Å². The predicted molar refractivity (Wildman–Crippen MR) is 96.5 cm³/mol. The van der Waals surface area contributed by atoms with Gasteiger partial charge in [0.25, 0.3) is 5.91 Å². The molecule has 2 aliphatic rings. The summed E-state index contributed by atoms with van der Waals surface area (Å²) >= 11 is 6.12. The molecule has 3 rings (SSSR count). The molecule has 0 saturated carbocycles. The van der Waals surface area contributed by atoms with E-state index in [4.69, 9.17) is 21.1 Å². The van der Waals surface area contributed by atoms with Crippen LogP contribution in [0.15, 0.2) is 18.2 Å². The Morgan fingerprint density at radius 3 is 2.88 bits per heavy atom. The number of carbonyl (C=O) groups excluding carboxylic acids is 1. The summed E-state index contributed by atoms with van der Waals surface area (Å²) in [6, 6.07) is 5.81. The average Bonchev–Trinajstić information content (AvgIpc) is 2.81. The monoisotopic (exact) mass is 374 g/mol. The van der Waals surface area contributed by atoms with Crippen LogP contribution in [0.5, 0.6) is 5.75 Å². The van der Waals surface area contributed by atoms with Gasteiger partial charge < -0.3 is 19.7 Å². The van der Waals surface area contributed by atoms with Crippen molar-refractivity contribution in [2.75, 3.05) is 33.4 Å². The maximum atomic E-state index is 13.1. The molecule has 24 heavy (non-hydrogen) atoms. The minimum absolute atomic E-state index is 0. The largest absolute Gasteiger partial charge is 0.490 e. The van der Waals surface area contributed by atoms with Gasteiger partial charge in [-0.05, 0) is 44.0 Å². The molecule has 2 unspecified atom stereocenters. The zero-order chi connectivity index (χ0) is 16.2. The number of rotatable bonds is 5. The fourth-order valence-electron chi connectivity index (χ4n) is 3.48. The van der Waals surface area contributed by atoms with Crippen LogP contribution in [0.25, 0.3) is 0 Å².